The highest BCUT2D eigenvalue weighted by Gasteiger charge is 2.30. The number of alkyl halides is 3. The fourth-order valence-corrected chi connectivity index (χ4v) is 3.55. The van der Waals surface area contributed by atoms with Crippen molar-refractivity contribution in [1.29, 1.82) is 0 Å². The van der Waals surface area contributed by atoms with Crippen LogP contribution in [0.25, 0.3) is 0 Å². The van der Waals surface area contributed by atoms with Gasteiger partial charge in [0.25, 0.3) is 5.91 Å². The van der Waals surface area contributed by atoms with Gasteiger partial charge in [-0.25, -0.2) is 4.98 Å². The molecule has 3 heterocycles. The average Bonchev–Trinajstić information content (AvgIpc) is 3.19. The van der Waals surface area contributed by atoms with E-state index in [0.29, 0.717) is 43.2 Å². The van der Waals surface area contributed by atoms with Crippen molar-refractivity contribution < 1.29 is 22.7 Å². The maximum atomic E-state index is 12.9. The topological polar surface area (TPSA) is 60.2 Å². The molecule has 0 radical (unpaired) electrons. The van der Waals surface area contributed by atoms with E-state index in [1.165, 1.54) is 6.07 Å². The Labute approximate surface area is 177 Å². The number of aryl methyl sites for hydroxylation is 1. The van der Waals surface area contributed by atoms with E-state index < -0.39 is 11.7 Å². The molecule has 31 heavy (non-hydrogen) atoms. The molecule has 6 nitrogen and oxygen atoms in total. The molecule has 1 aliphatic heterocycles. The van der Waals surface area contributed by atoms with E-state index in [9.17, 15) is 18.0 Å². The molecule has 162 valence electrons. The maximum Gasteiger partial charge on any atom is 0.416 e. The molecule has 4 rings (SSSR count). The fraction of sp³-hybridized carbons (Fsp3) is 0.318. The molecule has 1 amide bonds. The van der Waals surface area contributed by atoms with Crippen LogP contribution in [0.2, 0.25) is 0 Å². The summed E-state index contributed by atoms with van der Waals surface area (Å²) in [5, 5.41) is 0. The summed E-state index contributed by atoms with van der Waals surface area (Å²) in [5.41, 5.74) is 1.36. The van der Waals surface area contributed by atoms with Crippen LogP contribution in [0.4, 0.5) is 13.2 Å². The van der Waals surface area contributed by atoms with Gasteiger partial charge in [0.05, 0.1) is 24.4 Å². The number of nitrogens with zero attached hydrogens (tertiary/aromatic N) is 4. The zero-order valence-electron chi connectivity index (χ0n) is 16.8. The monoisotopic (exact) mass is 430 g/mol. The Balaban J connectivity index is 1.43. The molecule has 2 aromatic heterocycles. The predicted molar refractivity (Wildman–Crippen MR) is 106 cm³/mol. The normalized spacial score (nSPS) is 17.0. The first-order valence-corrected chi connectivity index (χ1v) is 9.80. The van der Waals surface area contributed by atoms with Gasteiger partial charge in [-0.1, -0.05) is 24.3 Å². The molecule has 9 heteroatoms. The number of amides is 1. The van der Waals surface area contributed by atoms with Gasteiger partial charge < -0.3 is 14.2 Å². The van der Waals surface area contributed by atoms with E-state index >= 15 is 0 Å². The largest absolute Gasteiger partial charge is 0.416 e. The molecule has 1 saturated heterocycles. The van der Waals surface area contributed by atoms with E-state index in [-0.39, 0.29) is 12.0 Å². The van der Waals surface area contributed by atoms with Crippen LogP contribution in [0.3, 0.4) is 0 Å². The Morgan fingerprint density at radius 2 is 2.03 bits per heavy atom. The van der Waals surface area contributed by atoms with E-state index in [2.05, 4.69) is 9.97 Å². The number of morpholine rings is 1. The summed E-state index contributed by atoms with van der Waals surface area (Å²) < 4.78 is 46.2. The number of rotatable bonds is 4. The van der Waals surface area contributed by atoms with Gasteiger partial charge in [-0.3, -0.25) is 9.78 Å². The van der Waals surface area contributed by atoms with Crippen molar-refractivity contribution in [3.63, 3.8) is 0 Å². The zero-order chi connectivity index (χ0) is 22.0. The van der Waals surface area contributed by atoms with Crippen LogP contribution in [0.15, 0.2) is 55.0 Å². The molecule has 0 spiro atoms. The Bertz CT molecular complexity index is 1060. The number of carbonyl (C=O) groups excluding carboxylic acids is 1. The van der Waals surface area contributed by atoms with Crippen molar-refractivity contribution in [3.8, 4) is 0 Å². The molecule has 0 unspecified atom stereocenters. The van der Waals surface area contributed by atoms with Crippen LogP contribution in [0.1, 0.15) is 39.1 Å². The van der Waals surface area contributed by atoms with E-state index in [4.69, 9.17) is 4.74 Å². The standard InChI is InChI=1S/C22H21F3N4O2/c1-28-8-7-26-20(28)21(30)29-9-10-31-19(14-29)18-6-5-16(13-27-18)11-15-3-2-4-17(12-15)22(23,24)25/h2-8,12-13,19H,9-11,14H2,1H3/t19-/m1/s1. The van der Waals surface area contributed by atoms with Gasteiger partial charge in [0.2, 0.25) is 0 Å². The lowest BCUT2D eigenvalue weighted by atomic mass is 10.0. The molecule has 1 aliphatic rings. The van der Waals surface area contributed by atoms with Gasteiger partial charge in [-0.05, 0) is 29.7 Å². The summed E-state index contributed by atoms with van der Waals surface area (Å²) in [7, 11) is 1.77. The molecule has 0 bridgehead atoms. The highest BCUT2D eigenvalue weighted by molar-refractivity contribution is 5.90. The molecule has 0 aliphatic carbocycles. The minimum Gasteiger partial charge on any atom is -0.368 e. The number of hydrogen-bond acceptors (Lipinski definition) is 4. The first kappa shape index (κ1) is 21.0. The van der Waals surface area contributed by atoms with E-state index in [1.54, 1.807) is 47.2 Å². The molecular formula is C22H21F3N4O2. The Kier molecular flexibility index (Phi) is 5.77. The van der Waals surface area contributed by atoms with Crippen molar-refractivity contribution in [2.75, 3.05) is 19.7 Å². The van der Waals surface area contributed by atoms with Crippen molar-refractivity contribution in [2.45, 2.75) is 18.7 Å². The SMILES string of the molecule is Cn1ccnc1C(=O)N1CCO[C@@H](c2ccc(Cc3cccc(C(F)(F)F)c3)cn2)C1. The Morgan fingerprint density at radius 1 is 1.19 bits per heavy atom. The third-order valence-corrected chi connectivity index (χ3v) is 5.21. The number of ether oxygens (including phenoxy) is 1. The molecular weight excluding hydrogens is 409 g/mol. The Morgan fingerprint density at radius 3 is 2.71 bits per heavy atom. The molecule has 0 saturated carbocycles. The Hall–Kier alpha value is -3.20. The van der Waals surface area contributed by atoms with Crippen LogP contribution in [-0.4, -0.2) is 45.0 Å². The number of carbonyl (C=O) groups is 1. The summed E-state index contributed by atoms with van der Waals surface area (Å²) in [5.74, 6) is 0.201. The van der Waals surface area contributed by atoms with Gasteiger partial charge >= 0.3 is 6.18 Å². The lowest BCUT2D eigenvalue weighted by molar-refractivity contribution is -0.137. The highest BCUT2D eigenvalue weighted by atomic mass is 19.4. The second-order valence-electron chi connectivity index (χ2n) is 7.44. The number of aromatic nitrogens is 3. The summed E-state index contributed by atoms with van der Waals surface area (Å²) in [6.07, 6.45) is 0.534. The molecule has 1 aromatic carbocycles. The predicted octanol–water partition coefficient (Wildman–Crippen LogP) is 3.64. The maximum absolute atomic E-state index is 12.9. The summed E-state index contributed by atoms with van der Waals surface area (Å²) in [4.78, 5) is 22.9. The van der Waals surface area contributed by atoms with Crippen molar-refractivity contribution in [3.05, 3.63) is 83.2 Å². The van der Waals surface area contributed by atoms with Crippen molar-refractivity contribution in [1.82, 2.24) is 19.4 Å². The zero-order valence-corrected chi connectivity index (χ0v) is 16.8. The molecule has 1 fully saturated rings. The van der Waals surface area contributed by atoms with Crippen LogP contribution >= 0.6 is 0 Å². The first-order chi connectivity index (χ1) is 14.8. The second kappa shape index (κ2) is 8.50. The van der Waals surface area contributed by atoms with Gasteiger partial charge in [0, 0.05) is 32.2 Å². The van der Waals surface area contributed by atoms with Gasteiger partial charge in [-0.2, -0.15) is 13.2 Å². The average molecular weight is 430 g/mol. The third-order valence-electron chi connectivity index (χ3n) is 5.21. The quantitative estimate of drug-likeness (QED) is 0.634. The number of hydrogen-bond donors (Lipinski definition) is 0. The van der Waals surface area contributed by atoms with Crippen molar-refractivity contribution >= 4 is 5.91 Å². The van der Waals surface area contributed by atoms with Crippen LogP contribution in [0.5, 0.6) is 0 Å². The number of benzene rings is 1. The lowest BCUT2D eigenvalue weighted by Crippen LogP contribution is -2.43. The molecule has 1 atom stereocenters. The van der Waals surface area contributed by atoms with E-state index in [0.717, 1.165) is 17.7 Å². The minimum absolute atomic E-state index is 0.165. The number of halogens is 3. The number of pyridine rings is 1. The number of imidazole rings is 1. The van der Waals surface area contributed by atoms with E-state index in [1.807, 2.05) is 6.07 Å². The molecule has 0 N–H and O–H groups in total. The summed E-state index contributed by atoms with van der Waals surface area (Å²) in [6, 6.07) is 8.90. The van der Waals surface area contributed by atoms with Crippen molar-refractivity contribution in [2.24, 2.45) is 7.05 Å². The van der Waals surface area contributed by atoms with Gasteiger partial charge in [0.15, 0.2) is 5.82 Å². The smallest absolute Gasteiger partial charge is 0.368 e. The van der Waals surface area contributed by atoms with Crippen LogP contribution in [0, 0.1) is 0 Å². The van der Waals surface area contributed by atoms with Gasteiger partial charge in [0.1, 0.15) is 6.10 Å². The second-order valence-corrected chi connectivity index (χ2v) is 7.44. The minimum atomic E-state index is -4.37. The summed E-state index contributed by atoms with van der Waals surface area (Å²) in [6.45, 7) is 1.20. The highest BCUT2D eigenvalue weighted by Crippen LogP contribution is 2.30. The molecule has 3 aromatic rings. The van der Waals surface area contributed by atoms with Crippen LogP contribution in [-0.2, 0) is 24.4 Å². The van der Waals surface area contributed by atoms with Gasteiger partial charge in [-0.15, -0.1) is 0 Å². The summed E-state index contributed by atoms with van der Waals surface area (Å²) >= 11 is 0. The fourth-order valence-electron chi connectivity index (χ4n) is 3.55. The first-order valence-electron chi connectivity index (χ1n) is 9.80. The van der Waals surface area contributed by atoms with Crippen LogP contribution < -0.4 is 0 Å². The lowest BCUT2D eigenvalue weighted by Gasteiger charge is -2.32. The third kappa shape index (κ3) is 4.77.